The Hall–Kier alpha value is -1.10. The molecule has 86 valence electrons. The largest absolute Gasteiger partial charge is 0.481 e. The van der Waals surface area contributed by atoms with Gasteiger partial charge in [0.1, 0.15) is 0 Å². The molecule has 3 N–H and O–H groups in total. The Morgan fingerprint density at radius 1 is 1.53 bits per heavy atom. The van der Waals surface area contributed by atoms with Gasteiger partial charge in [-0.25, -0.2) is 0 Å². The molecule has 1 aliphatic heterocycles. The maximum atomic E-state index is 11.3. The molecule has 1 rings (SSSR count). The van der Waals surface area contributed by atoms with E-state index in [4.69, 9.17) is 5.11 Å². The van der Waals surface area contributed by atoms with Gasteiger partial charge in [0.15, 0.2) is 0 Å². The normalized spacial score (nSPS) is 21.1. The molecule has 0 aromatic heterocycles. The molecule has 1 unspecified atom stereocenters. The lowest BCUT2D eigenvalue weighted by molar-refractivity contribution is -0.137. The van der Waals surface area contributed by atoms with Crippen molar-refractivity contribution in [2.45, 2.75) is 38.1 Å². The summed E-state index contributed by atoms with van der Waals surface area (Å²) in [5, 5.41) is 14.4. The fourth-order valence-corrected chi connectivity index (χ4v) is 1.64. The fraction of sp³-hybridized carbons (Fsp3) is 0.800. The third-order valence-corrected chi connectivity index (χ3v) is 2.49. The van der Waals surface area contributed by atoms with Crippen LogP contribution in [0.5, 0.6) is 0 Å². The molecule has 1 fully saturated rings. The minimum atomic E-state index is -0.759. The van der Waals surface area contributed by atoms with Gasteiger partial charge >= 0.3 is 5.97 Å². The van der Waals surface area contributed by atoms with Gasteiger partial charge in [-0.15, -0.1) is 0 Å². The monoisotopic (exact) mass is 214 g/mol. The smallest absolute Gasteiger partial charge is 0.303 e. The molecule has 5 nitrogen and oxygen atoms in total. The van der Waals surface area contributed by atoms with Gasteiger partial charge in [-0.1, -0.05) is 0 Å². The molecular weight excluding hydrogens is 196 g/mol. The second-order valence-electron chi connectivity index (χ2n) is 3.79. The zero-order valence-electron chi connectivity index (χ0n) is 8.79. The highest BCUT2D eigenvalue weighted by Crippen LogP contribution is 2.03. The Morgan fingerprint density at radius 2 is 2.33 bits per heavy atom. The van der Waals surface area contributed by atoms with E-state index in [-0.39, 0.29) is 18.4 Å². The number of unbranched alkanes of at least 4 members (excludes halogenated alkanes) is 1. The van der Waals surface area contributed by atoms with E-state index in [0.29, 0.717) is 13.0 Å². The Labute approximate surface area is 89.2 Å². The van der Waals surface area contributed by atoms with Crippen molar-refractivity contribution in [1.29, 1.82) is 0 Å². The number of rotatable bonds is 6. The Balaban J connectivity index is 2.03. The number of amides is 1. The summed E-state index contributed by atoms with van der Waals surface area (Å²) in [6.45, 7) is 1.49. The summed E-state index contributed by atoms with van der Waals surface area (Å²) in [4.78, 5) is 21.5. The van der Waals surface area contributed by atoms with Crippen LogP contribution in [0.2, 0.25) is 0 Å². The summed E-state index contributed by atoms with van der Waals surface area (Å²) in [5.41, 5.74) is 0. The molecule has 1 amide bonds. The minimum Gasteiger partial charge on any atom is -0.481 e. The van der Waals surface area contributed by atoms with Crippen LogP contribution in [0.3, 0.4) is 0 Å². The van der Waals surface area contributed by atoms with E-state index >= 15 is 0 Å². The summed E-state index contributed by atoms with van der Waals surface area (Å²) in [6.07, 6.45) is 3.56. The number of carboxylic acids is 1. The Morgan fingerprint density at radius 3 is 3.00 bits per heavy atom. The lowest BCUT2D eigenvalue weighted by Crippen LogP contribution is -2.48. The highest BCUT2D eigenvalue weighted by atomic mass is 16.4. The molecule has 0 radical (unpaired) electrons. The second kappa shape index (κ2) is 6.40. The van der Waals surface area contributed by atoms with Gasteiger partial charge in [-0.05, 0) is 32.2 Å². The summed E-state index contributed by atoms with van der Waals surface area (Å²) in [6, 6.07) is -0.0800. The average molecular weight is 214 g/mol. The molecule has 0 spiro atoms. The van der Waals surface area contributed by atoms with Crippen LogP contribution < -0.4 is 10.6 Å². The van der Waals surface area contributed by atoms with E-state index in [9.17, 15) is 9.59 Å². The minimum absolute atomic E-state index is 0.0690. The van der Waals surface area contributed by atoms with Gasteiger partial charge in [0.2, 0.25) is 5.91 Å². The van der Waals surface area contributed by atoms with Crippen LogP contribution in [0.25, 0.3) is 0 Å². The molecule has 1 heterocycles. The first kappa shape index (κ1) is 12.0. The Kier molecular flexibility index (Phi) is 5.10. The zero-order valence-corrected chi connectivity index (χ0v) is 8.79. The van der Waals surface area contributed by atoms with Crippen molar-refractivity contribution in [2.75, 3.05) is 13.1 Å². The standard InChI is InChI=1S/C10H18N2O3/c13-9(14)5-1-2-6-11-8-4-3-7-12-10(8)15/h8,11H,1-7H2,(H,12,15)(H,13,14). The first-order valence-electron chi connectivity index (χ1n) is 5.43. The lowest BCUT2D eigenvalue weighted by atomic mass is 10.1. The average Bonchev–Trinajstić information content (AvgIpc) is 2.20. The van der Waals surface area contributed by atoms with Crippen LogP contribution in [0.4, 0.5) is 0 Å². The maximum absolute atomic E-state index is 11.3. The van der Waals surface area contributed by atoms with Crippen LogP contribution in [0.1, 0.15) is 32.1 Å². The zero-order chi connectivity index (χ0) is 11.1. The van der Waals surface area contributed by atoms with Crippen LogP contribution in [0.15, 0.2) is 0 Å². The van der Waals surface area contributed by atoms with E-state index in [1.165, 1.54) is 0 Å². The first-order valence-corrected chi connectivity index (χ1v) is 5.43. The molecule has 1 atom stereocenters. The number of nitrogens with one attached hydrogen (secondary N) is 2. The molecule has 15 heavy (non-hydrogen) atoms. The van der Waals surface area contributed by atoms with E-state index in [1.807, 2.05) is 0 Å². The van der Waals surface area contributed by atoms with Crippen molar-refractivity contribution in [3.8, 4) is 0 Å². The van der Waals surface area contributed by atoms with Crippen molar-refractivity contribution in [3.05, 3.63) is 0 Å². The summed E-state index contributed by atoms with van der Waals surface area (Å²) >= 11 is 0. The van der Waals surface area contributed by atoms with Crippen LogP contribution in [-0.2, 0) is 9.59 Å². The number of hydrogen-bond acceptors (Lipinski definition) is 3. The number of carboxylic acid groups (broad SMARTS) is 1. The van der Waals surface area contributed by atoms with Gasteiger partial charge in [0, 0.05) is 13.0 Å². The van der Waals surface area contributed by atoms with Gasteiger partial charge in [0.25, 0.3) is 0 Å². The molecular formula is C10H18N2O3. The predicted molar refractivity (Wildman–Crippen MR) is 55.5 cm³/mol. The van der Waals surface area contributed by atoms with E-state index < -0.39 is 5.97 Å². The van der Waals surface area contributed by atoms with Crippen LogP contribution >= 0.6 is 0 Å². The SMILES string of the molecule is O=C(O)CCCCNC1CCCNC1=O. The summed E-state index contributed by atoms with van der Waals surface area (Å²) in [7, 11) is 0. The van der Waals surface area contributed by atoms with Crippen molar-refractivity contribution < 1.29 is 14.7 Å². The van der Waals surface area contributed by atoms with Crippen LogP contribution in [-0.4, -0.2) is 36.1 Å². The van der Waals surface area contributed by atoms with Gasteiger partial charge in [-0.2, -0.15) is 0 Å². The van der Waals surface area contributed by atoms with Crippen molar-refractivity contribution in [3.63, 3.8) is 0 Å². The van der Waals surface area contributed by atoms with Crippen LogP contribution in [0, 0.1) is 0 Å². The van der Waals surface area contributed by atoms with Gasteiger partial charge in [0.05, 0.1) is 6.04 Å². The van der Waals surface area contributed by atoms with Crippen molar-refractivity contribution in [2.24, 2.45) is 0 Å². The third-order valence-electron chi connectivity index (χ3n) is 2.49. The molecule has 0 aromatic rings. The molecule has 5 heteroatoms. The van der Waals surface area contributed by atoms with Crippen molar-refractivity contribution >= 4 is 11.9 Å². The quantitative estimate of drug-likeness (QED) is 0.548. The number of hydrogen-bond donors (Lipinski definition) is 3. The maximum Gasteiger partial charge on any atom is 0.303 e. The number of aliphatic carboxylic acids is 1. The summed E-state index contributed by atoms with van der Waals surface area (Å²) < 4.78 is 0. The van der Waals surface area contributed by atoms with Crippen molar-refractivity contribution in [1.82, 2.24) is 10.6 Å². The molecule has 1 saturated heterocycles. The second-order valence-corrected chi connectivity index (χ2v) is 3.79. The molecule has 0 bridgehead atoms. The number of carbonyl (C=O) groups is 2. The third kappa shape index (κ3) is 4.78. The predicted octanol–water partition coefficient (Wildman–Crippen LogP) is 0.109. The molecule has 0 saturated carbocycles. The van der Waals surface area contributed by atoms with Gasteiger partial charge in [-0.3, -0.25) is 9.59 Å². The molecule has 0 aromatic carbocycles. The fourth-order valence-electron chi connectivity index (χ4n) is 1.64. The van der Waals surface area contributed by atoms with E-state index in [1.54, 1.807) is 0 Å². The lowest BCUT2D eigenvalue weighted by Gasteiger charge is -2.22. The topological polar surface area (TPSA) is 78.4 Å². The number of piperidine rings is 1. The summed E-state index contributed by atoms with van der Waals surface area (Å²) in [5.74, 6) is -0.690. The molecule has 0 aliphatic carbocycles. The first-order chi connectivity index (χ1) is 7.20. The van der Waals surface area contributed by atoms with E-state index in [0.717, 1.165) is 25.8 Å². The highest BCUT2D eigenvalue weighted by Gasteiger charge is 2.20. The Bertz CT molecular complexity index is 231. The molecule has 1 aliphatic rings. The van der Waals surface area contributed by atoms with E-state index in [2.05, 4.69) is 10.6 Å². The highest BCUT2D eigenvalue weighted by molar-refractivity contribution is 5.82. The van der Waals surface area contributed by atoms with Gasteiger partial charge < -0.3 is 15.7 Å². The number of carbonyl (C=O) groups excluding carboxylic acids is 1.